The highest BCUT2D eigenvalue weighted by molar-refractivity contribution is 7.09. The molecule has 2 aromatic rings. The summed E-state index contributed by atoms with van der Waals surface area (Å²) in [5.74, 6) is 0.336. The van der Waals surface area contributed by atoms with Crippen LogP contribution >= 0.6 is 11.3 Å². The summed E-state index contributed by atoms with van der Waals surface area (Å²) in [6.07, 6.45) is 1.91. The van der Waals surface area contributed by atoms with E-state index in [-0.39, 0.29) is 0 Å². The Balaban J connectivity index is 1.60. The van der Waals surface area contributed by atoms with Crippen LogP contribution in [0.2, 0.25) is 0 Å². The highest BCUT2D eigenvalue weighted by atomic mass is 32.1. The van der Waals surface area contributed by atoms with Gasteiger partial charge in [0.25, 0.3) is 0 Å². The lowest BCUT2D eigenvalue weighted by molar-refractivity contribution is 0.0681. The number of fused-ring (bicyclic) bond motifs is 1. The number of ether oxygens (including phenoxy) is 2. The molecular formula is C17H26N4O2S. The van der Waals surface area contributed by atoms with E-state index in [9.17, 15) is 0 Å². The molecule has 0 saturated heterocycles. The third kappa shape index (κ3) is 4.22. The third-order valence-corrected chi connectivity index (χ3v) is 5.11. The van der Waals surface area contributed by atoms with Gasteiger partial charge in [-0.25, -0.2) is 9.97 Å². The van der Waals surface area contributed by atoms with E-state index in [1.165, 1.54) is 11.4 Å². The molecule has 0 fully saturated rings. The molecule has 0 spiro atoms. The van der Waals surface area contributed by atoms with Crippen molar-refractivity contribution in [3.8, 4) is 0 Å². The zero-order chi connectivity index (χ0) is 16.9. The first-order chi connectivity index (χ1) is 11.7. The number of imidazole rings is 1. The van der Waals surface area contributed by atoms with Gasteiger partial charge in [0.05, 0.1) is 42.5 Å². The summed E-state index contributed by atoms with van der Waals surface area (Å²) in [6, 6.07) is 0. The topological polar surface area (TPSA) is 52.4 Å². The average molecular weight is 350 g/mol. The molecule has 0 N–H and O–H groups in total. The molecule has 1 atom stereocenters. The SMILES string of the molecule is CCOCCN1Cc2ncn(C)c2C(COCc2csc(C)n2)C1. The minimum Gasteiger partial charge on any atom is -0.380 e. The predicted octanol–water partition coefficient (Wildman–Crippen LogP) is 2.34. The van der Waals surface area contributed by atoms with Crippen LogP contribution in [0.4, 0.5) is 0 Å². The van der Waals surface area contributed by atoms with Crippen molar-refractivity contribution in [3.63, 3.8) is 0 Å². The lowest BCUT2D eigenvalue weighted by atomic mass is 9.99. The zero-order valence-electron chi connectivity index (χ0n) is 14.7. The fourth-order valence-electron chi connectivity index (χ4n) is 3.23. The van der Waals surface area contributed by atoms with Crippen LogP contribution in [0, 0.1) is 6.92 Å². The van der Waals surface area contributed by atoms with E-state index < -0.39 is 0 Å². The number of aryl methyl sites for hydroxylation is 2. The van der Waals surface area contributed by atoms with Crippen molar-refractivity contribution < 1.29 is 9.47 Å². The first-order valence-corrected chi connectivity index (χ1v) is 9.34. The predicted molar refractivity (Wildman–Crippen MR) is 94.2 cm³/mol. The van der Waals surface area contributed by atoms with Gasteiger partial charge < -0.3 is 14.0 Å². The van der Waals surface area contributed by atoms with Crippen LogP contribution in [0.15, 0.2) is 11.7 Å². The Morgan fingerprint density at radius 1 is 1.38 bits per heavy atom. The molecule has 1 unspecified atom stereocenters. The maximum atomic E-state index is 5.97. The first-order valence-electron chi connectivity index (χ1n) is 8.46. The molecule has 3 rings (SSSR count). The van der Waals surface area contributed by atoms with Crippen molar-refractivity contribution in [3.05, 3.63) is 33.8 Å². The fourth-order valence-corrected chi connectivity index (χ4v) is 3.83. The first kappa shape index (κ1) is 17.5. The maximum Gasteiger partial charge on any atom is 0.0949 e. The van der Waals surface area contributed by atoms with Crippen LogP contribution < -0.4 is 0 Å². The zero-order valence-corrected chi connectivity index (χ0v) is 15.5. The number of nitrogens with zero attached hydrogens (tertiary/aromatic N) is 4. The monoisotopic (exact) mass is 350 g/mol. The maximum absolute atomic E-state index is 5.97. The number of rotatable bonds is 8. The van der Waals surface area contributed by atoms with E-state index >= 15 is 0 Å². The molecule has 0 aromatic carbocycles. The molecule has 0 bridgehead atoms. The lowest BCUT2D eigenvalue weighted by Crippen LogP contribution is -2.38. The smallest absolute Gasteiger partial charge is 0.0949 e. The molecule has 1 aliphatic heterocycles. The number of thiazole rings is 1. The van der Waals surface area contributed by atoms with Gasteiger partial charge in [-0.3, -0.25) is 4.90 Å². The van der Waals surface area contributed by atoms with Crippen LogP contribution in [0.3, 0.4) is 0 Å². The van der Waals surface area contributed by atoms with Gasteiger partial charge >= 0.3 is 0 Å². The van der Waals surface area contributed by atoms with Gasteiger partial charge in [-0.2, -0.15) is 0 Å². The van der Waals surface area contributed by atoms with Gasteiger partial charge in [-0.05, 0) is 13.8 Å². The average Bonchev–Trinajstić information content (AvgIpc) is 3.14. The Labute approximate surface area is 147 Å². The molecule has 132 valence electrons. The van der Waals surface area contributed by atoms with Crippen molar-refractivity contribution in [2.24, 2.45) is 7.05 Å². The largest absolute Gasteiger partial charge is 0.380 e. The van der Waals surface area contributed by atoms with Gasteiger partial charge in [0.15, 0.2) is 0 Å². The molecule has 0 aliphatic carbocycles. The van der Waals surface area contributed by atoms with Crippen molar-refractivity contribution in [1.82, 2.24) is 19.4 Å². The molecular weight excluding hydrogens is 324 g/mol. The molecule has 0 amide bonds. The summed E-state index contributed by atoms with van der Waals surface area (Å²) in [5.41, 5.74) is 3.49. The Bertz CT molecular complexity index is 655. The normalized spacial score (nSPS) is 18.0. The number of hydrogen-bond acceptors (Lipinski definition) is 6. The second-order valence-corrected chi connectivity index (χ2v) is 7.25. The summed E-state index contributed by atoms with van der Waals surface area (Å²) in [5, 5.41) is 3.15. The Hall–Kier alpha value is -1.28. The highest BCUT2D eigenvalue weighted by Crippen LogP contribution is 2.27. The minimum atomic E-state index is 0.336. The van der Waals surface area contributed by atoms with Gasteiger partial charge in [0.1, 0.15) is 0 Å². The van der Waals surface area contributed by atoms with Gasteiger partial charge in [0, 0.05) is 50.3 Å². The second kappa shape index (κ2) is 8.20. The Kier molecular flexibility index (Phi) is 5.99. The molecule has 7 heteroatoms. The molecule has 1 aliphatic rings. The van der Waals surface area contributed by atoms with E-state index in [2.05, 4.69) is 31.9 Å². The van der Waals surface area contributed by atoms with Crippen molar-refractivity contribution in [2.45, 2.75) is 32.9 Å². The summed E-state index contributed by atoms with van der Waals surface area (Å²) < 4.78 is 13.6. The quantitative estimate of drug-likeness (QED) is 0.684. The molecule has 0 radical (unpaired) electrons. The Morgan fingerprint density at radius 3 is 3.00 bits per heavy atom. The van der Waals surface area contributed by atoms with Crippen LogP contribution in [0.1, 0.15) is 34.9 Å². The second-order valence-electron chi connectivity index (χ2n) is 6.19. The summed E-state index contributed by atoms with van der Waals surface area (Å²) in [7, 11) is 2.07. The molecule has 2 aromatic heterocycles. The molecule has 6 nitrogen and oxygen atoms in total. The van der Waals surface area contributed by atoms with E-state index in [0.717, 1.165) is 43.5 Å². The Morgan fingerprint density at radius 2 is 2.25 bits per heavy atom. The van der Waals surface area contributed by atoms with E-state index in [1.54, 1.807) is 11.3 Å². The standard InChI is InChI=1S/C17H26N4O2S/c1-4-22-6-5-21-7-14(17-16(8-21)18-12-20(17)3)9-23-10-15-11-24-13(2)19-15/h11-12,14H,4-10H2,1-3H3. The fraction of sp³-hybridized carbons (Fsp3) is 0.647. The van der Waals surface area contributed by atoms with E-state index in [1.807, 2.05) is 20.2 Å². The van der Waals surface area contributed by atoms with Crippen molar-refractivity contribution in [1.29, 1.82) is 0 Å². The number of hydrogen-bond donors (Lipinski definition) is 0. The van der Waals surface area contributed by atoms with Crippen LogP contribution in [-0.4, -0.2) is 52.3 Å². The summed E-state index contributed by atoms with van der Waals surface area (Å²) in [4.78, 5) is 11.4. The molecule has 0 saturated carbocycles. The summed E-state index contributed by atoms with van der Waals surface area (Å²) >= 11 is 1.67. The van der Waals surface area contributed by atoms with Crippen LogP contribution in [0.5, 0.6) is 0 Å². The van der Waals surface area contributed by atoms with Crippen molar-refractivity contribution in [2.75, 3.05) is 32.9 Å². The van der Waals surface area contributed by atoms with Crippen molar-refractivity contribution >= 4 is 11.3 Å². The highest BCUT2D eigenvalue weighted by Gasteiger charge is 2.28. The van der Waals surface area contributed by atoms with Crippen LogP contribution in [0.25, 0.3) is 0 Å². The lowest BCUT2D eigenvalue weighted by Gasteiger charge is -2.32. The van der Waals surface area contributed by atoms with E-state index in [0.29, 0.717) is 19.1 Å². The summed E-state index contributed by atoms with van der Waals surface area (Å²) in [6.45, 7) is 9.66. The molecule has 24 heavy (non-hydrogen) atoms. The van der Waals surface area contributed by atoms with Crippen LogP contribution in [-0.2, 0) is 29.7 Å². The van der Waals surface area contributed by atoms with Gasteiger partial charge in [-0.1, -0.05) is 0 Å². The number of aromatic nitrogens is 3. The third-order valence-electron chi connectivity index (χ3n) is 4.29. The van der Waals surface area contributed by atoms with Gasteiger partial charge in [-0.15, -0.1) is 11.3 Å². The minimum absolute atomic E-state index is 0.336. The van der Waals surface area contributed by atoms with Gasteiger partial charge in [0.2, 0.25) is 0 Å². The molecule has 3 heterocycles. The van der Waals surface area contributed by atoms with E-state index in [4.69, 9.17) is 9.47 Å².